The van der Waals surface area contributed by atoms with Crippen molar-refractivity contribution in [2.75, 3.05) is 32.7 Å². The van der Waals surface area contributed by atoms with Crippen LogP contribution in [0.25, 0.3) is 10.9 Å². The molecule has 1 aromatic carbocycles. The summed E-state index contributed by atoms with van der Waals surface area (Å²) in [6.45, 7) is 11.5. The van der Waals surface area contributed by atoms with Crippen molar-refractivity contribution in [3.63, 3.8) is 0 Å². The van der Waals surface area contributed by atoms with Crippen LogP contribution in [-0.4, -0.2) is 53.3 Å². The summed E-state index contributed by atoms with van der Waals surface area (Å²) < 4.78 is 2.12. The van der Waals surface area contributed by atoms with Crippen LogP contribution in [0, 0.1) is 6.92 Å². The van der Waals surface area contributed by atoms with Gasteiger partial charge in [0.15, 0.2) is 0 Å². The minimum absolute atomic E-state index is 0.237. The highest BCUT2D eigenvalue weighted by molar-refractivity contribution is 6.04. The molecule has 0 radical (unpaired) electrons. The molecule has 5 nitrogen and oxygen atoms in total. The number of aromatic nitrogens is 1. The minimum atomic E-state index is -0.850. The molecule has 2 heterocycles. The molecule has 1 aromatic heterocycles. The number of nitrogens with one attached hydrogen (secondary N) is 1. The monoisotopic (exact) mass is 329 g/mol. The summed E-state index contributed by atoms with van der Waals surface area (Å²) in [6, 6.07) is 4.15. The van der Waals surface area contributed by atoms with Crippen LogP contribution in [0.2, 0.25) is 0 Å². The van der Waals surface area contributed by atoms with Crippen LogP contribution in [-0.2, 0) is 6.42 Å². The lowest BCUT2D eigenvalue weighted by molar-refractivity contribution is 0.0698. The SMILES string of the molecule is Cc1cc(C(=O)O)c2c(c1)c(CCN1CCNCC1)cn2C(C)C. The molecule has 0 amide bonds. The zero-order valence-corrected chi connectivity index (χ0v) is 14.8. The third-order valence-electron chi connectivity index (χ3n) is 4.85. The van der Waals surface area contributed by atoms with Crippen molar-refractivity contribution in [2.24, 2.45) is 0 Å². The predicted molar refractivity (Wildman–Crippen MR) is 97.0 cm³/mol. The number of carboxylic acid groups (broad SMARTS) is 1. The highest BCUT2D eigenvalue weighted by atomic mass is 16.4. The van der Waals surface area contributed by atoms with E-state index in [4.69, 9.17) is 0 Å². The fraction of sp³-hybridized carbons (Fsp3) is 0.526. The van der Waals surface area contributed by atoms with Gasteiger partial charge in [-0.1, -0.05) is 0 Å². The van der Waals surface area contributed by atoms with Crippen molar-refractivity contribution in [2.45, 2.75) is 33.2 Å². The van der Waals surface area contributed by atoms with Gasteiger partial charge in [-0.2, -0.15) is 0 Å². The molecule has 1 saturated heterocycles. The molecule has 0 spiro atoms. The second-order valence-corrected chi connectivity index (χ2v) is 7.01. The number of aromatic carboxylic acids is 1. The maximum absolute atomic E-state index is 11.7. The Labute approximate surface area is 143 Å². The number of hydrogen-bond acceptors (Lipinski definition) is 3. The van der Waals surface area contributed by atoms with Gasteiger partial charge in [-0.3, -0.25) is 0 Å². The highest BCUT2D eigenvalue weighted by Crippen LogP contribution is 2.30. The van der Waals surface area contributed by atoms with Crippen molar-refractivity contribution in [3.05, 3.63) is 35.0 Å². The number of aryl methyl sites for hydroxylation is 1. The van der Waals surface area contributed by atoms with Gasteiger partial charge in [0, 0.05) is 50.3 Å². The molecule has 5 heteroatoms. The standard InChI is InChI=1S/C19H27N3O2/c1-13(2)22-12-15(4-7-21-8-5-20-6-9-21)16-10-14(3)11-17(18(16)22)19(23)24/h10-13,20H,4-9H2,1-3H3,(H,23,24). The number of carbonyl (C=O) groups is 1. The molecule has 24 heavy (non-hydrogen) atoms. The summed E-state index contributed by atoms with van der Waals surface area (Å²) in [6.07, 6.45) is 3.11. The van der Waals surface area contributed by atoms with E-state index in [0.29, 0.717) is 5.56 Å². The lowest BCUT2D eigenvalue weighted by atomic mass is 10.0. The van der Waals surface area contributed by atoms with Crippen molar-refractivity contribution in [1.82, 2.24) is 14.8 Å². The van der Waals surface area contributed by atoms with Crippen LogP contribution in [0.15, 0.2) is 18.3 Å². The molecule has 1 aliphatic heterocycles. The van der Waals surface area contributed by atoms with Gasteiger partial charge in [-0.25, -0.2) is 4.79 Å². The number of fused-ring (bicyclic) bond motifs is 1. The Morgan fingerprint density at radius 1 is 1.29 bits per heavy atom. The summed E-state index contributed by atoms with van der Waals surface area (Å²) in [5, 5.41) is 14.1. The van der Waals surface area contributed by atoms with Crippen molar-refractivity contribution in [3.8, 4) is 0 Å². The van der Waals surface area contributed by atoms with Crippen LogP contribution >= 0.6 is 0 Å². The maximum atomic E-state index is 11.7. The summed E-state index contributed by atoms with van der Waals surface area (Å²) in [4.78, 5) is 14.2. The van der Waals surface area contributed by atoms with Crippen LogP contribution in [0.5, 0.6) is 0 Å². The first kappa shape index (κ1) is 17.0. The largest absolute Gasteiger partial charge is 0.478 e. The lowest BCUT2D eigenvalue weighted by Crippen LogP contribution is -2.44. The quantitative estimate of drug-likeness (QED) is 0.885. The van der Waals surface area contributed by atoms with E-state index >= 15 is 0 Å². The Kier molecular flexibility index (Phi) is 4.92. The number of piperazine rings is 1. The summed E-state index contributed by atoms with van der Waals surface area (Å²) in [5.74, 6) is -0.850. The number of rotatable bonds is 5. The van der Waals surface area contributed by atoms with Gasteiger partial charge in [0.05, 0.1) is 11.1 Å². The number of hydrogen-bond donors (Lipinski definition) is 2. The van der Waals surface area contributed by atoms with Gasteiger partial charge < -0.3 is 19.9 Å². The molecule has 0 aliphatic carbocycles. The van der Waals surface area contributed by atoms with E-state index in [0.717, 1.165) is 55.6 Å². The van der Waals surface area contributed by atoms with E-state index in [-0.39, 0.29) is 6.04 Å². The van der Waals surface area contributed by atoms with E-state index in [1.54, 1.807) is 6.07 Å². The van der Waals surface area contributed by atoms with Crippen molar-refractivity contribution in [1.29, 1.82) is 0 Å². The zero-order chi connectivity index (χ0) is 17.3. The first-order valence-electron chi connectivity index (χ1n) is 8.78. The Morgan fingerprint density at radius 2 is 2.00 bits per heavy atom. The Hall–Kier alpha value is -1.85. The van der Waals surface area contributed by atoms with Crippen LogP contribution in [0.1, 0.15) is 41.4 Å². The smallest absolute Gasteiger partial charge is 0.337 e. The Bertz CT molecular complexity index is 743. The number of carboxylic acids is 1. The topological polar surface area (TPSA) is 57.5 Å². The fourth-order valence-electron chi connectivity index (χ4n) is 3.59. The fourth-order valence-corrected chi connectivity index (χ4v) is 3.59. The first-order chi connectivity index (χ1) is 11.5. The molecular formula is C19H27N3O2. The average Bonchev–Trinajstić information content (AvgIpc) is 2.91. The molecule has 1 aliphatic rings. The van der Waals surface area contributed by atoms with Gasteiger partial charge in [0.1, 0.15) is 0 Å². The number of nitrogens with zero attached hydrogens (tertiary/aromatic N) is 2. The van der Waals surface area contributed by atoms with E-state index in [9.17, 15) is 9.90 Å². The van der Waals surface area contributed by atoms with E-state index in [1.165, 1.54) is 5.56 Å². The third-order valence-corrected chi connectivity index (χ3v) is 4.85. The molecule has 130 valence electrons. The summed E-state index contributed by atoms with van der Waals surface area (Å²) >= 11 is 0. The molecule has 2 N–H and O–H groups in total. The highest BCUT2D eigenvalue weighted by Gasteiger charge is 2.19. The Balaban J connectivity index is 1.99. The van der Waals surface area contributed by atoms with Gasteiger partial charge in [-0.05, 0) is 50.5 Å². The molecule has 0 unspecified atom stereocenters. The van der Waals surface area contributed by atoms with Gasteiger partial charge in [-0.15, -0.1) is 0 Å². The summed E-state index contributed by atoms with van der Waals surface area (Å²) in [5.41, 5.74) is 3.53. The molecule has 0 bridgehead atoms. The van der Waals surface area contributed by atoms with Crippen LogP contribution in [0.3, 0.4) is 0 Å². The molecule has 3 rings (SSSR count). The predicted octanol–water partition coefficient (Wildman–Crippen LogP) is 2.68. The molecule has 1 fully saturated rings. The first-order valence-corrected chi connectivity index (χ1v) is 8.78. The van der Waals surface area contributed by atoms with Crippen molar-refractivity contribution >= 4 is 16.9 Å². The second kappa shape index (κ2) is 6.95. The molecule has 0 atom stereocenters. The normalized spacial score (nSPS) is 16.2. The number of benzene rings is 1. The molecule has 2 aromatic rings. The maximum Gasteiger partial charge on any atom is 0.337 e. The van der Waals surface area contributed by atoms with Crippen LogP contribution < -0.4 is 5.32 Å². The van der Waals surface area contributed by atoms with E-state index in [1.807, 2.05) is 6.92 Å². The molecular weight excluding hydrogens is 302 g/mol. The van der Waals surface area contributed by atoms with Gasteiger partial charge in [0.2, 0.25) is 0 Å². The summed E-state index contributed by atoms with van der Waals surface area (Å²) in [7, 11) is 0. The van der Waals surface area contributed by atoms with Crippen molar-refractivity contribution < 1.29 is 9.90 Å². The van der Waals surface area contributed by atoms with E-state index in [2.05, 4.69) is 40.9 Å². The minimum Gasteiger partial charge on any atom is -0.478 e. The second-order valence-electron chi connectivity index (χ2n) is 7.01. The van der Waals surface area contributed by atoms with Gasteiger partial charge in [0.25, 0.3) is 0 Å². The molecule has 0 saturated carbocycles. The zero-order valence-electron chi connectivity index (χ0n) is 14.8. The lowest BCUT2D eigenvalue weighted by Gasteiger charge is -2.26. The van der Waals surface area contributed by atoms with E-state index < -0.39 is 5.97 Å². The Morgan fingerprint density at radius 3 is 2.62 bits per heavy atom. The third kappa shape index (κ3) is 3.32. The van der Waals surface area contributed by atoms with Crippen LogP contribution in [0.4, 0.5) is 0 Å². The van der Waals surface area contributed by atoms with Gasteiger partial charge >= 0.3 is 5.97 Å². The average molecular weight is 329 g/mol.